The number of phenols is 1. The number of carbonyl (C=O) groups is 1. The molecule has 0 heterocycles. The molecular formula is C15H15NO2. The number of hydrogen-bond donors (Lipinski definition) is 1. The summed E-state index contributed by atoms with van der Waals surface area (Å²) < 4.78 is 0. The molecule has 0 unspecified atom stereocenters. The summed E-state index contributed by atoms with van der Waals surface area (Å²) in [7, 11) is 3.37. The largest absolute Gasteiger partial charge is 0.507 e. The molecule has 0 saturated carbocycles. The highest BCUT2D eigenvalue weighted by Crippen LogP contribution is 2.29. The lowest BCUT2D eigenvalue weighted by atomic mass is 10.0. The maximum atomic E-state index is 11.8. The molecular weight excluding hydrogens is 226 g/mol. The SMILES string of the molecule is CN(C)C(=O)c1ccc(-c2ccccc2)c(O)c1. The van der Waals surface area contributed by atoms with Crippen molar-refractivity contribution in [2.45, 2.75) is 0 Å². The van der Waals surface area contributed by atoms with Crippen LogP contribution in [0.15, 0.2) is 48.5 Å². The maximum Gasteiger partial charge on any atom is 0.253 e. The Bertz CT molecular complexity index is 562. The molecule has 0 aliphatic carbocycles. The van der Waals surface area contributed by atoms with Crippen LogP contribution < -0.4 is 0 Å². The van der Waals surface area contributed by atoms with Crippen LogP contribution in [0.4, 0.5) is 0 Å². The van der Waals surface area contributed by atoms with E-state index in [0.717, 1.165) is 11.1 Å². The number of phenolic OH excluding ortho intramolecular Hbond substituents is 1. The van der Waals surface area contributed by atoms with Gasteiger partial charge in [-0.3, -0.25) is 4.79 Å². The average Bonchev–Trinajstić information content (AvgIpc) is 2.38. The van der Waals surface area contributed by atoms with Crippen LogP contribution in [0, 0.1) is 0 Å². The van der Waals surface area contributed by atoms with Crippen LogP contribution in [0.2, 0.25) is 0 Å². The van der Waals surface area contributed by atoms with Gasteiger partial charge in [0.25, 0.3) is 5.91 Å². The van der Waals surface area contributed by atoms with E-state index in [-0.39, 0.29) is 11.7 Å². The number of hydrogen-bond acceptors (Lipinski definition) is 2. The van der Waals surface area contributed by atoms with Crippen molar-refractivity contribution in [3.63, 3.8) is 0 Å². The molecule has 18 heavy (non-hydrogen) atoms. The fourth-order valence-electron chi connectivity index (χ4n) is 1.78. The highest BCUT2D eigenvalue weighted by molar-refractivity contribution is 5.95. The third-order valence-electron chi connectivity index (χ3n) is 2.74. The quantitative estimate of drug-likeness (QED) is 0.878. The predicted molar refractivity (Wildman–Crippen MR) is 71.6 cm³/mol. The Kier molecular flexibility index (Phi) is 3.33. The summed E-state index contributed by atoms with van der Waals surface area (Å²) >= 11 is 0. The van der Waals surface area contributed by atoms with E-state index < -0.39 is 0 Å². The Hall–Kier alpha value is -2.29. The lowest BCUT2D eigenvalue weighted by molar-refractivity contribution is 0.0827. The Morgan fingerprint density at radius 1 is 1.06 bits per heavy atom. The topological polar surface area (TPSA) is 40.5 Å². The highest BCUT2D eigenvalue weighted by Gasteiger charge is 2.11. The molecule has 1 N–H and O–H groups in total. The van der Waals surface area contributed by atoms with E-state index in [1.165, 1.54) is 11.0 Å². The van der Waals surface area contributed by atoms with E-state index in [1.54, 1.807) is 26.2 Å². The van der Waals surface area contributed by atoms with E-state index in [4.69, 9.17) is 0 Å². The summed E-state index contributed by atoms with van der Waals surface area (Å²) in [6, 6.07) is 14.6. The van der Waals surface area contributed by atoms with Crippen LogP contribution in [-0.2, 0) is 0 Å². The van der Waals surface area contributed by atoms with Crippen LogP contribution in [0.3, 0.4) is 0 Å². The number of carbonyl (C=O) groups excluding carboxylic acids is 1. The standard InChI is InChI=1S/C15H15NO2/c1-16(2)15(18)12-8-9-13(14(17)10-12)11-6-4-3-5-7-11/h3-10,17H,1-2H3. The lowest BCUT2D eigenvalue weighted by Gasteiger charge is -2.12. The monoisotopic (exact) mass is 241 g/mol. The van der Waals surface area contributed by atoms with Crippen LogP contribution >= 0.6 is 0 Å². The molecule has 2 aromatic carbocycles. The first-order valence-corrected chi connectivity index (χ1v) is 5.69. The van der Waals surface area contributed by atoms with Gasteiger partial charge in [0.1, 0.15) is 5.75 Å². The van der Waals surface area contributed by atoms with Crippen LogP contribution in [-0.4, -0.2) is 30.0 Å². The minimum absolute atomic E-state index is 0.119. The molecule has 0 atom stereocenters. The summed E-state index contributed by atoms with van der Waals surface area (Å²) in [5.74, 6) is -0.00110. The van der Waals surface area contributed by atoms with Crippen LogP contribution in [0.5, 0.6) is 5.75 Å². The van der Waals surface area contributed by atoms with Crippen LogP contribution in [0.1, 0.15) is 10.4 Å². The minimum Gasteiger partial charge on any atom is -0.507 e. The fourth-order valence-corrected chi connectivity index (χ4v) is 1.78. The lowest BCUT2D eigenvalue weighted by Crippen LogP contribution is -2.21. The minimum atomic E-state index is -0.120. The third kappa shape index (κ3) is 2.35. The summed E-state index contributed by atoms with van der Waals surface area (Å²) in [6.45, 7) is 0. The van der Waals surface area contributed by atoms with Crippen molar-refractivity contribution in [2.24, 2.45) is 0 Å². The maximum absolute atomic E-state index is 11.8. The molecule has 0 saturated heterocycles. The van der Waals surface area contributed by atoms with Crippen molar-refractivity contribution in [1.82, 2.24) is 4.90 Å². The van der Waals surface area contributed by atoms with E-state index in [0.29, 0.717) is 5.56 Å². The summed E-state index contributed by atoms with van der Waals surface area (Å²) in [5.41, 5.74) is 2.14. The first kappa shape index (κ1) is 12.2. The first-order chi connectivity index (χ1) is 8.59. The van der Waals surface area contributed by atoms with Gasteiger partial charge in [-0.05, 0) is 23.8 Å². The molecule has 0 fully saturated rings. The molecule has 0 bridgehead atoms. The molecule has 92 valence electrons. The molecule has 3 nitrogen and oxygen atoms in total. The number of rotatable bonds is 2. The van der Waals surface area contributed by atoms with Crippen molar-refractivity contribution in [3.8, 4) is 16.9 Å². The Labute approximate surface area is 106 Å². The van der Waals surface area contributed by atoms with Crippen molar-refractivity contribution < 1.29 is 9.90 Å². The Balaban J connectivity index is 2.40. The summed E-state index contributed by atoms with van der Waals surface area (Å²) in [4.78, 5) is 13.2. The number of aromatic hydroxyl groups is 1. The van der Waals surface area contributed by atoms with Gasteiger partial charge >= 0.3 is 0 Å². The third-order valence-corrected chi connectivity index (χ3v) is 2.74. The summed E-state index contributed by atoms with van der Waals surface area (Å²) in [5, 5.41) is 10.0. The molecule has 2 rings (SSSR count). The van der Waals surface area contributed by atoms with E-state index >= 15 is 0 Å². The van der Waals surface area contributed by atoms with Gasteiger partial charge in [-0.2, -0.15) is 0 Å². The van der Waals surface area contributed by atoms with Gasteiger partial charge in [0.15, 0.2) is 0 Å². The van der Waals surface area contributed by atoms with Gasteiger partial charge in [0.2, 0.25) is 0 Å². The van der Waals surface area contributed by atoms with Crippen molar-refractivity contribution in [1.29, 1.82) is 0 Å². The van der Waals surface area contributed by atoms with E-state index in [9.17, 15) is 9.90 Å². The molecule has 0 aromatic heterocycles. The normalized spacial score (nSPS) is 10.1. The fraction of sp³-hybridized carbons (Fsp3) is 0.133. The van der Waals surface area contributed by atoms with E-state index in [1.807, 2.05) is 30.3 Å². The van der Waals surface area contributed by atoms with Gasteiger partial charge in [0.05, 0.1) is 0 Å². The number of amides is 1. The molecule has 0 spiro atoms. The first-order valence-electron chi connectivity index (χ1n) is 5.69. The van der Waals surface area contributed by atoms with Gasteiger partial charge in [-0.25, -0.2) is 0 Å². The van der Waals surface area contributed by atoms with Crippen molar-refractivity contribution in [3.05, 3.63) is 54.1 Å². The predicted octanol–water partition coefficient (Wildman–Crippen LogP) is 2.76. The Morgan fingerprint density at radius 2 is 1.72 bits per heavy atom. The second kappa shape index (κ2) is 4.92. The zero-order valence-corrected chi connectivity index (χ0v) is 10.4. The molecule has 0 radical (unpaired) electrons. The van der Waals surface area contributed by atoms with Crippen molar-refractivity contribution in [2.75, 3.05) is 14.1 Å². The molecule has 0 aliphatic rings. The smallest absolute Gasteiger partial charge is 0.253 e. The molecule has 3 heteroatoms. The molecule has 0 aliphatic heterocycles. The van der Waals surface area contributed by atoms with Gasteiger partial charge < -0.3 is 10.0 Å². The summed E-state index contributed by atoms with van der Waals surface area (Å²) in [6.07, 6.45) is 0. The molecule has 2 aromatic rings. The zero-order chi connectivity index (χ0) is 13.1. The molecule has 1 amide bonds. The van der Waals surface area contributed by atoms with E-state index in [2.05, 4.69) is 0 Å². The average molecular weight is 241 g/mol. The highest BCUT2D eigenvalue weighted by atomic mass is 16.3. The Morgan fingerprint density at radius 3 is 2.28 bits per heavy atom. The zero-order valence-electron chi connectivity index (χ0n) is 10.4. The van der Waals surface area contributed by atoms with Crippen LogP contribution in [0.25, 0.3) is 11.1 Å². The number of nitrogens with zero attached hydrogens (tertiary/aromatic N) is 1. The van der Waals surface area contributed by atoms with Gasteiger partial charge in [-0.1, -0.05) is 30.3 Å². The second-order valence-electron chi connectivity index (χ2n) is 4.30. The second-order valence-corrected chi connectivity index (χ2v) is 4.30. The van der Waals surface area contributed by atoms with Crippen molar-refractivity contribution >= 4 is 5.91 Å². The van der Waals surface area contributed by atoms with Gasteiger partial charge in [-0.15, -0.1) is 0 Å². The van der Waals surface area contributed by atoms with Gasteiger partial charge in [0, 0.05) is 25.2 Å². The number of benzene rings is 2.